The average Bonchev–Trinajstić information content (AvgIpc) is 3.80. The first-order valence-electron chi connectivity index (χ1n) is 13.3. The van der Waals surface area contributed by atoms with Crippen LogP contribution in [0.3, 0.4) is 0 Å². The monoisotopic (exact) mass is 700 g/mol. The van der Waals surface area contributed by atoms with Gasteiger partial charge >= 0.3 is 6.09 Å². The van der Waals surface area contributed by atoms with Gasteiger partial charge in [0.1, 0.15) is 29.0 Å². The van der Waals surface area contributed by atoms with E-state index in [2.05, 4.69) is 15.0 Å². The van der Waals surface area contributed by atoms with Gasteiger partial charge in [0, 0.05) is 21.9 Å². The number of alkyl halides is 1. The molecule has 2 heterocycles. The Labute approximate surface area is 252 Å². The standard InChI is InChI=1S/C27H33IN4O8S/c1-26(2,3)40-25(35)32-14-17(39-23-19-8-5-16(38-4)11-15(19)9-10-29-23)12-20(32)22(33)30-27(13-21(27)28)24(34)31-41(36,37)18-6-7-18/h5,8-11,17-18,20-21H,6-7,12-14H2,1-4H3,(H,30,33)(H,31,34)/t17-,20?,21-,27-/m1/s1. The maximum Gasteiger partial charge on any atom is 0.411 e. The van der Waals surface area contributed by atoms with Crippen molar-refractivity contribution in [3.63, 3.8) is 0 Å². The van der Waals surface area contributed by atoms with Gasteiger partial charge in [-0.2, -0.15) is 0 Å². The van der Waals surface area contributed by atoms with E-state index < -0.39 is 56.5 Å². The summed E-state index contributed by atoms with van der Waals surface area (Å²) >= 11 is 2.02. The van der Waals surface area contributed by atoms with Gasteiger partial charge in [0.2, 0.25) is 21.8 Å². The number of fused-ring (bicyclic) bond motifs is 1. The summed E-state index contributed by atoms with van der Waals surface area (Å²) in [7, 11) is -2.21. The molecule has 0 bridgehead atoms. The third-order valence-corrected chi connectivity index (χ3v) is 10.6. The molecule has 14 heteroatoms. The third kappa shape index (κ3) is 6.32. The van der Waals surface area contributed by atoms with Crippen molar-refractivity contribution in [3.05, 3.63) is 30.5 Å². The predicted molar refractivity (Wildman–Crippen MR) is 157 cm³/mol. The lowest BCUT2D eigenvalue weighted by Gasteiger charge is -2.29. The molecule has 1 aliphatic heterocycles. The number of halogens is 1. The molecular formula is C27H33IN4O8S. The van der Waals surface area contributed by atoms with Crippen molar-refractivity contribution in [3.8, 4) is 11.6 Å². The topological polar surface area (TPSA) is 153 Å². The molecule has 2 N–H and O–H groups in total. The van der Waals surface area contributed by atoms with E-state index in [0.29, 0.717) is 24.5 Å². The number of ether oxygens (including phenoxy) is 3. The molecule has 5 rings (SSSR count). The van der Waals surface area contributed by atoms with Crippen molar-refractivity contribution in [1.29, 1.82) is 0 Å². The molecule has 1 saturated heterocycles. The summed E-state index contributed by atoms with van der Waals surface area (Å²) in [6.07, 6.45) is 1.70. The molecule has 0 spiro atoms. The van der Waals surface area contributed by atoms with Crippen LogP contribution in [0.4, 0.5) is 4.79 Å². The summed E-state index contributed by atoms with van der Waals surface area (Å²) in [5.41, 5.74) is -2.19. The fourth-order valence-electron chi connectivity index (χ4n) is 4.79. The van der Waals surface area contributed by atoms with Crippen molar-refractivity contribution in [2.75, 3.05) is 13.7 Å². The number of carbonyl (C=O) groups excluding carboxylic acids is 3. The van der Waals surface area contributed by atoms with Gasteiger partial charge in [0.15, 0.2) is 0 Å². The molecule has 1 aromatic heterocycles. The maximum absolute atomic E-state index is 13.6. The number of pyridine rings is 1. The molecular weight excluding hydrogens is 667 g/mol. The van der Waals surface area contributed by atoms with Gasteiger partial charge < -0.3 is 19.5 Å². The fourth-order valence-corrected chi connectivity index (χ4v) is 7.29. The molecule has 0 radical (unpaired) electrons. The van der Waals surface area contributed by atoms with Gasteiger partial charge in [-0.05, 0) is 69.7 Å². The molecule has 2 aromatic rings. The second-order valence-electron chi connectivity index (χ2n) is 11.6. The van der Waals surface area contributed by atoms with Crippen LogP contribution >= 0.6 is 22.6 Å². The second-order valence-corrected chi connectivity index (χ2v) is 15.1. The quantitative estimate of drug-likeness (QED) is 0.313. The van der Waals surface area contributed by atoms with E-state index in [9.17, 15) is 22.8 Å². The summed E-state index contributed by atoms with van der Waals surface area (Å²) in [5, 5.41) is 3.77. The highest BCUT2D eigenvalue weighted by Crippen LogP contribution is 2.44. The lowest BCUT2D eigenvalue weighted by molar-refractivity contribution is -0.131. The van der Waals surface area contributed by atoms with Crippen LogP contribution in [0.5, 0.6) is 11.6 Å². The van der Waals surface area contributed by atoms with Crippen LogP contribution in [-0.2, 0) is 24.3 Å². The Hall–Kier alpha value is -2.88. The van der Waals surface area contributed by atoms with E-state index >= 15 is 0 Å². The van der Waals surface area contributed by atoms with Crippen molar-refractivity contribution >= 4 is 61.3 Å². The normalized spacial score (nSPS) is 25.9. The highest BCUT2D eigenvalue weighted by atomic mass is 127. The van der Waals surface area contributed by atoms with Gasteiger partial charge in [-0.3, -0.25) is 19.2 Å². The van der Waals surface area contributed by atoms with Crippen LogP contribution in [0.25, 0.3) is 10.8 Å². The van der Waals surface area contributed by atoms with Crippen molar-refractivity contribution in [2.45, 2.75) is 78.9 Å². The number of amides is 3. The van der Waals surface area contributed by atoms with Gasteiger partial charge in [0.05, 0.1) is 18.9 Å². The number of carbonyl (C=O) groups is 3. The smallest absolute Gasteiger partial charge is 0.411 e. The summed E-state index contributed by atoms with van der Waals surface area (Å²) in [6, 6.07) is 6.28. The van der Waals surface area contributed by atoms with Crippen LogP contribution in [-0.4, -0.2) is 82.3 Å². The van der Waals surface area contributed by atoms with Crippen LogP contribution in [0.1, 0.15) is 46.5 Å². The molecule has 2 saturated carbocycles. The molecule has 3 amide bonds. The minimum absolute atomic E-state index is 0.0458. The zero-order chi connectivity index (χ0) is 29.7. The Balaban J connectivity index is 1.36. The van der Waals surface area contributed by atoms with Crippen molar-refractivity contribution in [1.82, 2.24) is 19.9 Å². The van der Waals surface area contributed by atoms with Crippen LogP contribution in [0, 0.1) is 0 Å². The largest absolute Gasteiger partial charge is 0.497 e. The fraction of sp³-hybridized carbons (Fsp3) is 0.556. The summed E-state index contributed by atoms with van der Waals surface area (Å²) in [6.45, 7) is 5.22. The number of benzene rings is 1. The zero-order valence-electron chi connectivity index (χ0n) is 23.2. The van der Waals surface area contributed by atoms with Crippen molar-refractivity contribution in [2.24, 2.45) is 0 Å². The maximum atomic E-state index is 13.6. The summed E-state index contributed by atoms with van der Waals surface area (Å²) in [5.74, 6) is -0.325. The molecule has 4 atom stereocenters. The molecule has 3 aliphatic rings. The highest BCUT2D eigenvalue weighted by Gasteiger charge is 2.62. The van der Waals surface area contributed by atoms with Crippen LogP contribution < -0.4 is 19.5 Å². The first-order valence-corrected chi connectivity index (χ1v) is 16.1. The molecule has 41 heavy (non-hydrogen) atoms. The number of nitrogens with one attached hydrogen (secondary N) is 2. The van der Waals surface area contributed by atoms with Crippen LogP contribution in [0.15, 0.2) is 30.5 Å². The number of hydrogen-bond donors (Lipinski definition) is 2. The Morgan fingerprint density at radius 2 is 1.88 bits per heavy atom. The first kappa shape index (κ1) is 29.6. The molecule has 3 fully saturated rings. The Kier molecular flexibility index (Phi) is 7.76. The van der Waals surface area contributed by atoms with Crippen molar-refractivity contribution < 1.29 is 37.0 Å². The van der Waals surface area contributed by atoms with Gasteiger partial charge in [0.25, 0.3) is 5.91 Å². The van der Waals surface area contributed by atoms with Gasteiger partial charge in [-0.15, -0.1) is 0 Å². The Morgan fingerprint density at radius 1 is 1.17 bits per heavy atom. The minimum Gasteiger partial charge on any atom is -0.497 e. The van der Waals surface area contributed by atoms with Gasteiger partial charge in [-0.25, -0.2) is 18.2 Å². The molecule has 1 aromatic carbocycles. The van der Waals surface area contributed by atoms with E-state index in [0.717, 1.165) is 10.8 Å². The summed E-state index contributed by atoms with van der Waals surface area (Å²) in [4.78, 5) is 45.5. The van der Waals surface area contributed by atoms with Crippen LogP contribution in [0.2, 0.25) is 0 Å². The zero-order valence-corrected chi connectivity index (χ0v) is 26.2. The lowest BCUT2D eigenvalue weighted by Crippen LogP contribution is -2.57. The molecule has 12 nitrogen and oxygen atoms in total. The number of aromatic nitrogens is 1. The number of nitrogens with zero attached hydrogens (tertiary/aromatic N) is 2. The Morgan fingerprint density at radius 3 is 2.49 bits per heavy atom. The minimum atomic E-state index is -3.79. The summed E-state index contributed by atoms with van der Waals surface area (Å²) < 4.78 is 43.7. The molecule has 2 aliphatic carbocycles. The first-order chi connectivity index (χ1) is 19.2. The van der Waals surface area contributed by atoms with E-state index in [1.165, 1.54) is 4.90 Å². The average molecular weight is 701 g/mol. The van der Waals surface area contributed by atoms with E-state index in [4.69, 9.17) is 14.2 Å². The number of likely N-dealkylation sites (tertiary alicyclic amines) is 1. The molecule has 222 valence electrons. The van der Waals surface area contributed by atoms with E-state index in [1.54, 1.807) is 40.1 Å². The van der Waals surface area contributed by atoms with E-state index in [-0.39, 0.29) is 23.3 Å². The number of hydrogen-bond acceptors (Lipinski definition) is 9. The number of rotatable bonds is 8. The highest BCUT2D eigenvalue weighted by molar-refractivity contribution is 14.1. The molecule has 1 unspecified atom stereocenters. The number of sulfonamides is 1. The van der Waals surface area contributed by atoms with Gasteiger partial charge in [-0.1, -0.05) is 22.6 Å². The third-order valence-electron chi connectivity index (χ3n) is 7.23. The second kappa shape index (κ2) is 10.7. The Bertz CT molecular complexity index is 1490. The van der Waals surface area contributed by atoms with E-state index in [1.807, 2.05) is 40.8 Å². The predicted octanol–water partition coefficient (Wildman–Crippen LogP) is 2.67. The lowest BCUT2D eigenvalue weighted by atomic mass is 10.1. The number of methoxy groups -OCH3 is 1. The SMILES string of the molecule is COc1ccc2c(O[C@@H]3CC(C(=O)N[C@]4(C(=O)NS(=O)(=O)C5CC5)C[C@H]4I)N(C(=O)OC(C)(C)C)C3)nccc2c1.